The molecule has 0 atom stereocenters. The Morgan fingerprint density at radius 3 is 2.54 bits per heavy atom. The topological polar surface area (TPSA) is 98.5 Å². The quantitative estimate of drug-likeness (QED) is 0.529. The van der Waals surface area contributed by atoms with E-state index in [9.17, 15) is 14.4 Å². The number of primary amides is 1. The molecule has 0 saturated heterocycles. The van der Waals surface area contributed by atoms with Crippen LogP contribution in [0.25, 0.3) is 0 Å². The average Bonchev–Trinajstić information content (AvgIpc) is 2.92. The van der Waals surface area contributed by atoms with Crippen LogP contribution in [-0.4, -0.2) is 30.1 Å². The predicted octanol–water partition coefficient (Wildman–Crippen LogP) is 3.45. The molecule has 2 amide bonds. The Morgan fingerprint density at radius 2 is 1.92 bits per heavy atom. The Hall–Kier alpha value is -2.32. The van der Waals surface area contributed by atoms with Crippen molar-refractivity contribution in [2.75, 3.05) is 17.7 Å². The molecule has 8 heteroatoms. The summed E-state index contributed by atoms with van der Waals surface area (Å²) >= 11 is 2.57. The van der Waals surface area contributed by atoms with Crippen LogP contribution in [0.15, 0.2) is 35.2 Å². The smallest absolute Gasteiger partial charge is 0.348 e. The van der Waals surface area contributed by atoms with Crippen molar-refractivity contribution in [2.24, 2.45) is 5.73 Å². The number of carbonyl (C=O) groups excluding carboxylic acids is 3. The first-order valence-electron chi connectivity index (χ1n) is 8.02. The number of anilines is 1. The molecule has 0 aliphatic rings. The molecule has 0 saturated carbocycles. The van der Waals surface area contributed by atoms with Gasteiger partial charge in [0.15, 0.2) is 0 Å². The van der Waals surface area contributed by atoms with Gasteiger partial charge in [-0.05, 0) is 31.5 Å². The SMILES string of the molecule is CCOC(=O)c1sc(NC(=O)CCSc2ccccc2)c(C(N)=O)c1C. The largest absolute Gasteiger partial charge is 0.462 e. The summed E-state index contributed by atoms with van der Waals surface area (Å²) in [4.78, 5) is 37.3. The molecule has 2 aromatic rings. The second-order valence-electron chi connectivity index (χ2n) is 5.30. The fourth-order valence-corrected chi connectivity index (χ4v) is 4.25. The lowest BCUT2D eigenvalue weighted by Gasteiger charge is -2.05. The Labute approximate surface area is 160 Å². The average molecular weight is 393 g/mol. The van der Waals surface area contributed by atoms with Gasteiger partial charge in [0.25, 0.3) is 5.91 Å². The molecule has 1 heterocycles. The Morgan fingerprint density at radius 1 is 1.23 bits per heavy atom. The lowest BCUT2D eigenvalue weighted by molar-refractivity contribution is -0.115. The van der Waals surface area contributed by atoms with Crippen LogP contribution in [0.3, 0.4) is 0 Å². The molecular formula is C18H20N2O4S2. The number of carbonyl (C=O) groups is 3. The lowest BCUT2D eigenvalue weighted by Crippen LogP contribution is -2.17. The first-order valence-corrected chi connectivity index (χ1v) is 9.82. The molecule has 138 valence electrons. The van der Waals surface area contributed by atoms with Gasteiger partial charge in [-0.15, -0.1) is 23.1 Å². The maximum atomic E-state index is 12.2. The van der Waals surface area contributed by atoms with Crippen LogP contribution in [-0.2, 0) is 9.53 Å². The zero-order valence-corrected chi connectivity index (χ0v) is 16.2. The summed E-state index contributed by atoms with van der Waals surface area (Å²) < 4.78 is 4.98. The van der Waals surface area contributed by atoms with Gasteiger partial charge < -0.3 is 15.8 Å². The number of thiophene rings is 1. The van der Waals surface area contributed by atoms with E-state index in [-0.39, 0.29) is 34.4 Å². The van der Waals surface area contributed by atoms with Crippen molar-refractivity contribution < 1.29 is 19.1 Å². The summed E-state index contributed by atoms with van der Waals surface area (Å²) in [6.07, 6.45) is 0.267. The minimum atomic E-state index is -0.691. The maximum Gasteiger partial charge on any atom is 0.348 e. The van der Waals surface area contributed by atoms with Crippen LogP contribution in [0.5, 0.6) is 0 Å². The van der Waals surface area contributed by atoms with Gasteiger partial charge in [-0.2, -0.15) is 0 Å². The van der Waals surface area contributed by atoms with E-state index in [1.807, 2.05) is 30.3 Å². The summed E-state index contributed by atoms with van der Waals surface area (Å²) in [7, 11) is 0. The second kappa shape index (κ2) is 9.40. The Kier molecular flexibility index (Phi) is 7.23. The van der Waals surface area contributed by atoms with E-state index in [2.05, 4.69) is 5.32 Å². The fourth-order valence-electron chi connectivity index (χ4n) is 2.26. The lowest BCUT2D eigenvalue weighted by atomic mass is 10.1. The number of nitrogens with two attached hydrogens (primary N) is 1. The van der Waals surface area contributed by atoms with Crippen molar-refractivity contribution in [1.29, 1.82) is 0 Å². The molecular weight excluding hydrogens is 372 g/mol. The van der Waals surface area contributed by atoms with Crippen LogP contribution in [0.2, 0.25) is 0 Å². The highest BCUT2D eigenvalue weighted by atomic mass is 32.2. The van der Waals surface area contributed by atoms with Gasteiger partial charge in [-0.3, -0.25) is 9.59 Å². The van der Waals surface area contributed by atoms with Gasteiger partial charge in [0, 0.05) is 17.1 Å². The van der Waals surface area contributed by atoms with E-state index in [1.54, 1.807) is 25.6 Å². The van der Waals surface area contributed by atoms with Gasteiger partial charge in [0.2, 0.25) is 5.91 Å². The van der Waals surface area contributed by atoms with Crippen molar-refractivity contribution in [3.8, 4) is 0 Å². The third kappa shape index (κ3) is 5.09. The van der Waals surface area contributed by atoms with E-state index in [0.717, 1.165) is 16.2 Å². The molecule has 6 nitrogen and oxygen atoms in total. The molecule has 0 unspecified atom stereocenters. The summed E-state index contributed by atoms with van der Waals surface area (Å²) in [5.41, 5.74) is 6.00. The highest BCUT2D eigenvalue weighted by molar-refractivity contribution is 7.99. The van der Waals surface area contributed by atoms with E-state index in [1.165, 1.54) is 0 Å². The summed E-state index contributed by atoms with van der Waals surface area (Å²) in [6, 6.07) is 9.76. The van der Waals surface area contributed by atoms with Gasteiger partial charge in [-0.25, -0.2) is 4.79 Å². The monoisotopic (exact) mass is 392 g/mol. The summed E-state index contributed by atoms with van der Waals surface area (Å²) in [6.45, 7) is 3.53. The van der Waals surface area contributed by atoms with Crippen LogP contribution < -0.4 is 11.1 Å². The maximum absolute atomic E-state index is 12.2. The number of ether oxygens (including phenoxy) is 1. The standard InChI is InChI=1S/C18H20N2O4S2/c1-3-24-18(23)15-11(2)14(16(19)22)17(26-15)20-13(21)9-10-25-12-7-5-4-6-8-12/h4-8H,3,9-10H2,1-2H3,(H2,19,22)(H,20,21). The van der Waals surface area contributed by atoms with E-state index in [0.29, 0.717) is 11.3 Å². The van der Waals surface area contributed by atoms with E-state index >= 15 is 0 Å². The fraction of sp³-hybridized carbons (Fsp3) is 0.278. The van der Waals surface area contributed by atoms with Crippen molar-refractivity contribution in [3.05, 3.63) is 46.3 Å². The molecule has 3 N–H and O–H groups in total. The van der Waals surface area contributed by atoms with Crippen LogP contribution in [0.4, 0.5) is 5.00 Å². The Balaban J connectivity index is 2.05. The molecule has 0 bridgehead atoms. The van der Waals surface area contributed by atoms with Crippen molar-refractivity contribution in [2.45, 2.75) is 25.2 Å². The van der Waals surface area contributed by atoms with Crippen molar-refractivity contribution in [3.63, 3.8) is 0 Å². The number of esters is 1. The Bertz CT molecular complexity index is 803. The van der Waals surface area contributed by atoms with E-state index in [4.69, 9.17) is 10.5 Å². The van der Waals surface area contributed by atoms with Gasteiger partial charge >= 0.3 is 5.97 Å². The number of hydrogen-bond acceptors (Lipinski definition) is 6. The summed E-state index contributed by atoms with van der Waals surface area (Å²) in [5.74, 6) is -0.870. The normalized spacial score (nSPS) is 10.4. The van der Waals surface area contributed by atoms with Crippen LogP contribution >= 0.6 is 23.1 Å². The first-order chi connectivity index (χ1) is 12.4. The minimum absolute atomic E-state index is 0.155. The molecule has 26 heavy (non-hydrogen) atoms. The number of benzene rings is 1. The zero-order valence-electron chi connectivity index (χ0n) is 14.5. The molecule has 0 radical (unpaired) electrons. The summed E-state index contributed by atoms with van der Waals surface area (Å²) in [5, 5.41) is 2.98. The minimum Gasteiger partial charge on any atom is -0.462 e. The second-order valence-corrected chi connectivity index (χ2v) is 7.49. The van der Waals surface area contributed by atoms with E-state index < -0.39 is 11.9 Å². The first kappa shape index (κ1) is 20.0. The third-order valence-corrected chi connectivity index (χ3v) is 5.65. The van der Waals surface area contributed by atoms with Gasteiger partial charge in [0.1, 0.15) is 9.88 Å². The molecule has 0 fully saturated rings. The molecule has 1 aromatic carbocycles. The molecule has 0 spiro atoms. The molecule has 2 rings (SSSR count). The number of nitrogens with one attached hydrogen (secondary N) is 1. The van der Waals surface area contributed by atoms with Crippen LogP contribution in [0, 0.1) is 6.92 Å². The zero-order chi connectivity index (χ0) is 19.1. The number of hydrogen-bond donors (Lipinski definition) is 2. The molecule has 0 aliphatic carbocycles. The highest BCUT2D eigenvalue weighted by Crippen LogP contribution is 2.33. The molecule has 0 aliphatic heterocycles. The van der Waals surface area contributed by atoms with Gasteiger partial charge in [0.05, 0.1) is 12.2 Å². The van der Waals surface area contributed by atoms with Crippen molar-refractivity contribution in [1.82, 2.24) is 0 Å². The predicted molar refractivity (Wildman–Crippen MR) is 104 cm³/mol. The van der Waals surface area contributed by atoms with Gasteiger partial charge in [-0.1, -0.05) is 18.2 Å². The van der Waals surface area contributed by atoms with Crippen LogP contribution in [0.1, 0.15) is 38.9 Å². The third-order valence-electron chi connectivity index (χ3n) is 3.45. The highest BCUT2D eigenvalue weighted by Gasteiger charge is 2.25. The number of rotatable bonds is 8. The van der Waals surface area contributed by atoms with Crippen molar-refractivity contribution >= 4 is 45.9 Å². The number of amides is 2. The molecule has 1 aromatic heterocycles. The number of thioether (sulfide) groups is 1.